The number of hydrogen-bond acceptors (Lipinski definition) is 13. The molecule has 54 heavy (non-hydrogen) atoms. The minimum absolute atomic E-state index is 0.545. The van der Waals surface area contributed by atoms with Gasteiger partial charge in [-0.1, -0.05) is 39.8 Å². The molecule has 6 unspecified atom stereocenters. The van der Waals surface area contributed by atoms with Crippen LogP contribution in [0.5, 0.6) is 11.5 Å². The second-order valence-corrected chi connectivity index (χ2v) is 12.5. The van der Waals surface area contributed by atoms with Gasteiger partial charge >= 0.3 is 11.9 Å². The molecule has 0 spiro atoms. The van der Waals surface area contributed by atoms with E-state index < -0.39 is 137 Å². The van der Waals surface area contributed by atoms with Gasteiger partial charge < -0.3 is 41.0 Å². The fourth-order valence-corrected chi connectivity index (χ4v) is 4.53. The average molecular weight is 771 g/mol. The number of benzene rings is 2. The Bertz CT molecular complexity index is 1560. The van der Waals surface area contributed by atoms with Crippen LogP contribution in [-0.2, 0) is 43.0 Å². The minimum Gasteiger partial charge on any atom is -0.469 e. The number of rotatable bonds is 20. The number of methoxy groups -OCH3 is 2. The molecule has 2 aromatic rings. The standard InChI is InChI=1S/C35H42F4N4O11/c1-15(2)25(40)34(49)42-21(13-23(44)51-5)27(46)32(53-30-17(36)9-7-10-18(30)37)29(48)33(54-31-19(38)11-8-12-20(31)39)28(47)22(14-24(45)52-6)43-35(50)26(41)16(3)4/h7-12,15-16,21-22,25-26,32-33H,13-14,40-41H2,1-6H3,(H,42,49)(H,43,50). The van der Waals surface area contributed by atoms with Crippen LogP contribution in [0, 0.1) is 35.1 Å². The van der Waals surface area contributed by atoms with Gasteiger partial charge in [-0.15, -0.1) is 0 Å². The van der Waals surface area contributed by atoms with Crippen molar-refractivity contribution in [2.45, 2.75) is 76.9 Å². The van der Waals surface area contributed by atoms with E-state index in [4.69, 9.17) is 20.9 Å². The summed E-state index contributed by atoms with van der Waals surface area (Å²) in [6, 6.07) is -2.42. The molecule has 0 aliphatic heterocycles. The van der Waals surface area contributed by atoms with E-state index in [1.165, 1.54) is 27.7 Å². The number of carbonyl (C=O) groups is 7. The first-order chi connectivity index (χ1) is 25.2. The third-order valence-electron chi connectivity index (χ3n) is 7.90. The number of halogens is 4. The van der Waals surface area contributed by atoms with E-state index in [1.54, 1.807) is 0 Å². The minimum atomic E-state index is -2.93. The Morgan fingerprint density at radius 2 is 0.870 bits per heavy atom. The van der Waals surface area contributed by atoms with Gasteiger partial charge in [0.15, 0.2) is 34.8 Å². The molecule has 2 rings (SSSR count). The van der Waals surface area contributed by atoms with Gasteiger partial charge in [-0.3, -0.25) is 33.6 Å². The molecule has 0 aromatic heterocycles. The molecule has 6 N–H and O–H groups in total. The van der Waals surface area contributed by atoms with Crippen molar-refractivity contribution in [2.75, 3.05) is 14.2 Å². The lowest BCUT2D eigenvalue weighted by molar-refractivity contribution is -0.152. The van der Waals surface area contributed by atoms with Crippen molar-refractivity contribution in [3.63, 3.8) is 0 Å². The maximum absolute atomic E-state index is 15.0. The zero-order chi connectivity index (χ0) is 41.0. The number of hydrogen-bond donors (Lipinski definition) is 4. The lowest BCUT2D eigenvalue weighted by Gasteiger charge is -2.29. The summed E-state index contributed by atoms with van der Waals surface area (Å²) in [5.74, 6) is -19.4. The van der Waals surface area contributed by atoms with Crippen molar-refractivity contribution in [3.8, 4) is 11.5 Å². The van der Waals surface area contributed by atoms with Crippen LogP contribution in [0.1, 0.15) is 40.5 Å². The molecule has 0 aliphatic carbocycles. The van der Waals surface area contributed by atoms with Gasteiger partial charge in [0.2, 0.25) is 41.4 Å². The fraction of sp³-hybridized carbons (Fsp3) is 0.457. The van der Waals surface area contributed by atoms with Gasteiger partial charge in [-0.2, -0.15) is 0 Å². The second-order valence-electron chi connectivity index (χ2n) is 12.5. The van der Waals surface area contributed by atoms with Crippen LogP contribution in [0.3, 0.4) is 0 Å². The maximum atomic E-state index is 15.0. The predicted octanol–water partition coefficient (Wildman–Crippen LogP) is 1.21. The molecule has 15 nitrogen and oxygen atoms in total. The van der Waals surface area contributed by atoms with E-state index >= 15 is 0 Å². The van der Waals surface area contributed by atoms with Gasteiger partial charge in [-0.25, -0.2) is 17.6 Å². The van der Waals surface area contributed by atoms with Crippen molar-refractivity contribution in [3.05, 3.63) is 59.7 Å². The Morgan fingerprint density at radius 3 is 1.13 bits per heavy atom. The van der Waals surface area contributed by atoms with Gasteiger partial charge in [0.05, 0.1) is 39.1 Å². The normalized spacial score (nSPS) is 14.5. The molecule has 0 radical (unpaired) electrons. The van der Waals surface area contributed by atoms with Gasteiger partial charge in [0, 0.05) is 0 Å². The summed E-state index contributed by atoms with van der Waals surface area (Å²) in [4.78, 5) is 93.6. The molecule has 2 amide bonds. The molecule has 2 aromatic carbocycles. The summed E-state index contributed by atoms with van der Waals surface area (Å²) >= 11 is 0. The Labute approximate surface area is 307 Å². The smallest absolute Gasteiger partial charge is 0.308 e. The largest absolute Gasteiger partial charge is 0.469 e. The third-order valence-corrected chi connectivity index (χ3v) is 7.90. The zero-order valence-corrected chi connectivity index (χ0v) is 30.2. The monoisotopic (exact) mass is 770 g/mol. The molecule has 0 aliphatic rings. The topological polar surface area (TPSA) is 233 Å². The highest BCUT2D eigenvalue weighted by molar-refractivity contribution is 6.19. The molecular formula is C35H42F4N4O11. The van der Waals surface area contributed by atoms with E-state index in [2.05, 4.69) is 20.1 Å². The highest BCUT2D eigenvalue weighted by Crippen LogP contribution is 2.27. The Balaban J connectivity index is 2.89. The Morgan fingerprint density at radius 1 is 0.574 bits per heavy atom. The van der Waals surface area contributed by atoms with Crippen molar-refractivity contribution in [1.29, 1.82) is 0 Å². The van der Waals surface area contributed by atoms with E-state index in [-0.39, 0.29) is 0 Å². The maximum Gasteiger partial charge on any atom is 0.308 e. The molecule has 6 atom stereocenters. The number of esters is 2. The van der Waals surface area contributed by atoms with E-state index in [1.807, 2.05) is 0 Å². The zero-order valence-electron chi connectivity index (χ0n) is 30.2. The molecule has 0 heterocycles. The molecule has 0 bridgehead atoms. The summed E-state index contributed by atoms with van der Waals surface area (Å²) in [5.41, 5.74) is 11.8. The molecule has 19 heteroatoms. The van der Waals surface area contributed by atoms with Crippen molar-refractivity contribution in [1.82, 2.24) is 10.6 Å². The van der Waals surface area contributed by atoms with E-state index in [9.17, 15) is 51.1 Å². The van der Waals surface area contributed by atoms with E-state index in [0.717, 1.165) is 26.4 Å². The third kappa shape index (κ3) is 11.8. The molecule has 296 valence electrons. The first-order valence-corrected chi connectivity index (χ1v) is 16.3. The van der Waals surface area contributed by atoms with Crippen LogP contribution in [-0.4, -0.2) is 91.7 Å². The van der Waals surface area contributed by atoms with Crippen molar-refractivity contribution in [2.24, 2.45) is 23.3 Å². The second kappa shape index (κ2) is 20.1. The molecular weight excluding hydrogens is 728 g/mol. The first kappa shape index (κ1) is 44.7. The van der Waals surface area contributed by atoms with Gasteiger partial charge in [0.1, 0.15) is 12.1 Å². The molecule has 0 fully saturated rings. The van der Waals surface area contributed by atoms with Gasteiger partial charge in [0.25, 0.3) is 0 Å². The van der Waals surface area contributed by atoms with Crippen molar-refractivity contribution < 1.29 is 70.1 Å². The van der Waals surface area contributed by atoms with Crippen LogP contribution in [0.15, 0.2) is 36.4 Å². The first-order valence-electron chi connectivity index (χ1n) is 16.3. The van der Waals surface area contributed by atoms with Crippen LogP contribution in [0.25, 0.3) is 0 Å². The lowest BCUT2D eigenvalue weighted by Crippen LogP contribution is -2.59. The number of ether oxygens (including phenoxy) is 4. The predicted molar refractivity (Wildman–Crippen MR) is 179 cm³/mol. The summed E-state index contributed by atoms with van der Waals surface area (Å²) in [7, 11) is 1.82. The van der Waals surface area contributed by atoms with Crippen LogP contribution < -0.4 is 31.6 Å². The van der Waals surface area contributed by atoms with Crippen LogP contribution >= 0.6 is 0 Å². The molecule has 0 saturated carbocycles. The lowest BCUT2D eigenvalue weighted by atomic mass is 9.92. The fourth-order valence-electron chi connectivity index (χ4n) is 4.53. The number of Topliss-reactive ketones (excluding diaryl/α,β-unsaturated/α-hetero) is 3. The Kier molecular flexibility index (Phi) is 16.7. The van der Waals surface area contributed by atoms with Crippen molar-refractivity contribution >= 4 is 41.1 Å². The summed E-state index contributed by atoms with van der Waals surface area (Å²) < 4.78 is 79.5. The number of nitrogens with one attached hydrogen (secondary N) is 2. The van der Waals surface area contributed by atoms with Gasteiger partial charge in [-0.05, 0) is 36.1 Å². The Hall–Kier alpha value is -5.43. The number of amides is 2. The highest BCUT2D eigenvalue weighted by Gasteiger charge is 2.47. The van der Waals surface area contributed by atoms with E-state index in [0.29, 0.717) is 24.3 Å². The quantitative estimate of drug-likeness (QED) is 0.0844. The molecule has 0 saturated heterocycles. The van der Waals surface area contributed by atoms with Crippen LogP contribution in [0.2, 0.25) is 0 Å². The summed E-state index contributed by atoms with van der Waals surface area (Å²) in [5, 5.41) is 4.29. The SMILES string of the molecule is COC(=O)CC(NC(=O)C(N)C(C)C)C(=O)C(Oc1c(F)cccc1F)C(=O)C(Oc1c(F)cccc1F)C(=O)C(CC(=O)OC)NC(=O)C(N)C(C)C. The number of nitrogens with two attached hydrogens (primary N) is 2. The summed E-state index contributed by atoms with van der Waals surface area (Å²) in [6.45, 7) is 6.13. The van der Waals surface area contributed by atoms with Crippen LogP contribution in [0.4, 0.5) is 17.6 Å². The number of carbonyl (C=O) groups excluding carboxylic acids is 7. The summed E-state index contributed by atoms with van der Waals surface area (Å²) in [6.07, 6.45) is -7.93. The highest BCUT2D eigenvalue weighted by atomic mass is 19.1. The number of para-hydroxylation sites is 2. The number of ketones is 3. The average Bonchev–Trinajstić information content (AvgIpc) is 3.12.